The quantitative estimate of drug-likeness (QED) is 0.457. The second-order valence-corrected chi connectivity index (χ2v) is 5.73. The summed E-state index contributed by atoms with van der Waals surface area (Å²) in [7, 11) is 4.22. The molecule has 0 heterocycles. The van der Waals surface area contributed by atoms with Crippen molar-refractivity contribution >= 4 is 49.8 Å². The van der Waals surface area contributed by atoms with E-state index >= 15 is 0 Å². The standard InChI is InChI=1S/C16H14IN/c1-18(2)16-13-9-5-3-7-11(13)15(17)12-8-4-6-10-14(12)16/h3-10H,1-2H3. The number of anilines is 1. The first kappa shape index (κ1) is 11.8. The summed E-state index contributed by atoms with van der Waals surface area (Å²) in [5.74, 6) is 0. The number of rotatable bonds is 1. The molecule has 0 aliphatic heterocycles. The zero-order valence-electron chi connectivity index (χ0n) is 10.4. The van der Waals surface area contributed by atoms with E-state index in [0.29, 0.717) is 0 Å². The van der Waals surface area contributed by atoms with Gasteiger partial charge in [-0.05, 0) is 33.4 Å². The maximum Gasteiger partial charge on any atom is 0.0521 e. The molecule has 0 spiro atoms. The van der Waals surface area contributed by atoms with E-state index in [0.717, 1.165) is 0 Å². The van der Waals surface area contributed by atoms with Crippen molar-refractivity contribution in [1.29, 1.82) is 0 Å². The molecule has 90 valence electrons. The van der Waals surface area contributed by atoms with Crippen molar-refractivity contribution in [2.24, 2.45) is 0 Å². The Hall–Kier alpha value is -1.29. The zero-order chi connectivity index (χ0) is 12.7. The average molecular weight is 347 g/mol. The molecule has 0 aliphatic carbocycles. The van der Waals surface area contributed by atoms with Crippen LogP contribution in [0.15, 0.2) is 48.5 Å². The molecule has 0 radical (unpaired) electrons. The third-order valence-corrected chi connectivity index (χ3v) is 4.45. The van der Waals surface area contributed by atoms with E-state index in [1.54, 1.807) is 0 Å². The lowest BCUT2D eigenvalue weighted by Gasteiger charge is -2.20. The van der Waals surface area contributed by atoms with Gasteiger partial charge < -0.3 is 4.90 Å². The van der Waals surface area contributed by atoms with Crippen LogP contribution in [0.4, 0.5) is 5.69 Å². The van der Waals surface area contributed by atoms with Crippen molar-refractivity contribution in [2.45, 2.75) is 0 Å². The molecule has 0 bridgehead atoms. The van der Waals surface area contributed by atoms with Gasteiger partial charge in [-0.1, -0.05) is 48.5 Å². The van der Waals surface area contributed by atoms with Gasteiger partial charge in [0.2, 0.25) is 0 Å². The Bertz CT molecular complexity index is 675. The molecule has 2 heteroatoms. The fourth-order valence-electron chi connectivity index (χ4n) is 2.53. The van der Waals surface area contributed by atoms with Crippen molar-refractivity contribution in [3.05, 3.63) is 52.1 Å². The van der Waals surface area contributed by atoms with E-state index in [-0.39, 0.29) is 0 Å². The van der Waals surface area contributed by atoms with Gasteiger partial charge in [0.1, 0.15) is 0 Å². The molecule has 0 fully saturated rings. The molecule has 3 aromatic carbocycles. The highest BCUT2D eigenvalue weighted by molar-refractivity contribution is 14.1. The van der Waals surface area contributed by atoms with Gasteiger partial charge in [-0.15, -0.1) is 0 Å². The van der Waals surface area contributed by atoms with Crippen LogP contribution in [0.2, 0.25) is 0 Å². The molecule has 0 unspecified atom stereocenters. The minimum Gasteiger partial charge on any atom is -0.377 e. The van der Waals surface area contributed by atoms with Crippen LogP contribution >= 0.6 is 22.6 Å². The SMILES string of the molecule is CN(C)c1c2ccccc2c(I)c2ccccc12. The molecule has 0 saturated heterocycles. The second kappa shape index (κ2) is 4.43. The normalized spacial score (nSPS) is 11.1. The first-order valence-electron chi connectivity index (χ1n) is 5.96. The van der Waals surface area contributed by atoms with E-state index in [4.69, 9.17) is 0 Å². The highest BCUT2D eigenvalue weighted by atomic mass is 127. The summed E-state index contributed by atoms with van der Waals surface area (Å²) in [5.41, 5.74) is 1.31. The third-order valence-electron chi connectivity index (χ3n) is 3.28. The van der Waals surface area contributed by atoms with Crippen LogP contribution in [-0.4, -0.2) is 14.1 Å². The Morgan fingerprint density at radius 1 is 0.722 bits per heavy atom. The zero-order valence-corrected chi connectivity index (χ0v) is 12.6. The van der Waals surface area contributed by atoms with Gasteiger partial charge in [0.05, 0.1) is 5.69 Å². The number of halogens is 1. The summed E-state index contributed by atoms with van der Waals surface area (Å²) in [6.45, 7) is 0. The lowest BCUT2D eigenvalue weighted by atomic mass is 10.0. The molecule has 3 aromatic rings. The summed E-state index contributed by atoms with van der Waals surface area (Å²) in [6.07, 6.45) is 0. The fourth-order valence-corrected chi connectivity index (χ4v) is 3.47. The minimum absolute atomic E-state index is 1.31. The number of hydrogen-bond acceptors (Lipinski definition) is 1. The summed E-state index contributed by atoms with van der Waals surface area (Å²) >= 11 is 2.46. The van der Waals surface area contributed by atoms with E-state index < -0.39 is 0 Å². The summed E-state index contributed by atoms with van der Waals surface area (Å²) in [5, 5.41) is 5.32. The number of hydrogen-bond donors (Lipinski definition) is 0. The summed E-state index contributed by atoms with van der Waals surface area (Å²) in [6, 6.07) is 17.3. The Morgan fingerprint density at radius 3 is 1.50 bits per heavy atom. The third kappa shape index (κ3) is 1.67. The van der Waals surface area contributed by atoms with Crippen molar-refractivity contribution in [1.82, 2.24) is 0 Å². The average Bonchev–Trinajstić information content (AvgIpc) is 2.39. The molecule has 0 saturated carbocycles. The molecule has 1 nitrogen and oxygen atoms in total. The van der Waals surface area contributed by atoms with Crippen molar-refractivity contribution in [3.8, 4) is 0 Å². The van der Waals surface area contributed by atoms with Gasteiger partial charge in [0.25, 0.3) is 0 Å². The molecule has 0 N–H and O–H groups in total. The molecular formula is C16H14IN. The largest absolute Gasteiger partial charge is 0.377 e. The monoisotopic (exact) mass is 347 g/mol. The van der Waals surface area contributed by atoms with Crippen molar-refractivity contribution < 1.29 is 0 Å². The fraction of sp³-hybridized carbons (Fsp3) is 0.125. The molecule has 0 amide bonds. The Labute approximate surface area is 121 Å². The maximum atomic E-state index is 2.46. The Kier molecular flexibility index (Phi) is 2.90. The number of benzene rings is 3. The molecule has 0 aromatic heterocycles. The van der Waals surface area contributed by atoms with Gasteiger partial charge in [-0.3, -0.25) is 0 Å². The van der Waals surface area contributed by atoms with Crippen molar-refractivity contribution in [2.75, 3.05) is 19.0 Å². The molecule has 3 rings (SSSR count). The Balaban J connectivity index is 2.63. The summed E-state index contributed by atoms with van der Waals surface area (Å²) < 4.78 is 1.34. The van der Waals surface area contributed by atoms with Crippen LogP contribution in [0.25, 0.3) is 21.5 Å². The lowest BCUT2D eigenvalue weighted by molar-refractivity contribution is 1.15. The Morgan fingerprint density at radius 2 is 1.11 bits per heavy atom. The van der Waals surface area contributed by atoms with E-state index in [2.05, 4.69) is 90.1 Å². The topological polar surface area (TPSA) is 3.24 Å². The van der Waals surface area contributed by atoms with Gasteiger partial charge in [0.15, 0.2) is 0 Å². The van der Waals surface area contributed by atoms with Gasteiger partial charge in [-0.2, -0.15) is 0 Å². The van der Waals surface area contributed by atoms with E-state index in [1.807, 2.05) is 0 Å². The highest BCUT2D eigenvalue weighted by Gasteiger charge is 2.12. The minimum atomic E-state index is 1.31. The molecular weight excluding hydrogens is 333 g/mol. The van der Waals surface area contributed by atoms with Crippen LogP contribution in [0.3, 0.4) is 0 Å². The van der Waals surface area contributed by atoms with Crippen LogP contribution in [-0.2, 0) is 0 Å². The molecule has 0 atom stereocenters. The van der Waals surface area contributed by atoms with E-state index in [1.165, 1.54) is 30.8 Å². The molecule has 0 aliphatic rings. The molecule has 18 heavy (non-hydrogen) atoms. The predicted octanol–water partition coefficient (Wildman–Crippen LogP) is 4.66. The van der Waals surface area contributed by atoms with Gasteiger partial charge in [-0.25, -0.2) is 0 Å². The smallest absolute Gasteiger partial charge is 0.0521 e. The first-order chi connectivity index (χ1) is 8.70. The number of fused-ring (bicyclic) bond motifs is 2. The highest BCUT2D eigenvalue weighted by Crippen LogP contribution is 2.38. The first-order valence-corrected chi connectivity index (χ1v) is 7.04. The maximum absolute atomic E-state index is 2.46. The van der Waals surface area contributed by atoms with Gasteiger partial charge >= 0.3 is 0 Å². The van der Waals surface area contributed by atoms with Crippen molar-refractivity contribution in [3.63, 3.8) is 0 Å². The van der Waals surface area contributed by atoms with Crippen LogP contribution < -0.4 is 4.90 Å². The van der Waals surface area contributed by atoms with Crippen LogP contribution in [0.5, 0.6) is 0 Å². The van der Waals surface area contributed by atoms with Crippen LogP contribution in [0.1, 0.15) is 0 Å². The predicted molar refractivity (Wildman–Crippen MR) is 88.5 cm³/mol. The van der Waals surface area contributed by atoms with Crippen LogP contribution in [0, 0.1) is 3.57 Å². The van der Waals surface area contributed by atoms with Gasteiger partial charge in [0, 0.05) is 28.4 Å². The lowest BCUT2D eigenvalue weighted by Crippen LogP contribution is -2.10. The summed E-state index contributed by atoms with van der Waals surface area (Å²) in [4.78, 5) is 2.21. The number of nitrogens with zero attached hydrogens (tertiary/aromatic N) is 1. The second-order valence-electron chi connectivity index (χ2n) is 4.65. The van der Waals surface area contributed by atoms with E-state index in [9.17, 15) is 0 Å².